The van der Waals surface area contributed by atoms with E-state index >= 15 is 0 Å². The maximum Gasteiger partial charge on any atom is 0.0585 e. The van der Waals surface area contributed by atoms with Crippen molar-refractivity contribution in [3.8, 4) is 0 Å². The van der Waals surface area contributed by atoms with Crippen LogP contribution in [0.25, 0.3) is 0 Å². The molecule has 0 amide bonds. The molecule has 3 N–H and O–H groups in total. The summed E-state index contributed by atoms with van der Waals surface area (Å²) in [6.45, 7) is 0.148. The second-order valence-electron chi connectivity index (χ2n) is 3.15. The first-order valence-corrected chi connectivity index (χ1v) is 5.44. The molecular weight excluding hydrogens is 158 g/mol. The van der Waals surface area contributed by atoms with Crippen LogP contribution in [0.5, 0.6) is 0 Å². The molecule has 2 atom stereocenters. The molecule has 0 saturated carbocycles. The second kappa shape index (κ2) is 5.01. The molecule has 0 aliphatic carbocycles. The van der Waals surface area contributed by atoms with Crippen LogP contribution in [0.2, 0.25) is 0 Å². The van der Waals surface area contributed by atoms with Gasteiger partial charge in [-0.1, -0.05) is 0 Å². The third-order valence-electron chi connectivity index (χ3n) is 2.31. The molecule has 1 aliphatic rings. The Bertz CT molecular complexity index is 102. The zero-order valence-electron chi connectivity index (χ0n) is 6.83. The molecule has 0 aromatic heterocycles. The van der Waals surface area contributed by atoms with Crippen LogP contribution in [0.4, 0.5) is 0 Å². The zero-order valence-corrected chi connectivity index (χ0v) is 7.65. The molecule has 1 aliphatic heterocycles. The van der Waals surface area contributed by atoms with Gasteiger partial charge in [-0.2, -0.15) is 11.8 Å². The molecule has 3 heteroatoms. The van der Waals surface area contributed by atoms with Crippen molar-refractivity contribution in [1.82, 2.24) is 0 Å². The molecular formula is C8H17NOS. The highest BCUT2D eigenvalue weighted by molar-refractivity contribution is 7.99. The molecule has 2 unspecified atom stereocenters. The molecule has 0 aromatic carbocycles. The van der Waals surface area contributed by atoms with Crippen LogP contribution in [0, 0.1) is 5.92 Å². The van der Waals surface area contributed by atoms with Crippen LogP contribution in [0.1, 0.15) is 19.3 Å². The molecule has 0 spiro atoms. The summed E-state index contributed by atoms with van der Waals surface area (Å²) in [7, 11) is 0. The summed E-state index contributed by atoms with van der Waals surface area (Å²) in [5, 5.41) is 8.85. The van der Waals surface area contributed by atoms with Gasteiger partial charge in [-0.15, -0.1) is 0 Å². The minimum Gasteiger partial charge on any atom is -0.395 e. The third kappa shape index (κ3) is 3.01. The Morgan fingerprint density at radius 2 is 2.27 bits per heavy atom. The van der Waals surface area contributed by atoms with Crippen LogP contribution in [0.15, 0.2) is 0 Å². The van der Waals surface area contributed by atoms with Crippen LogP contribution in [-0.4, -0.2) is 29.3 Å². The summed E-state index contributed by atoms with van der Waals surface area (Å²) in [5.74, 6) is 3.06. The maximum absolute atomic E-state index is 8.85. The summed E-state index contributed by atoms with van der Waals surface area (Å²) in [5.41, 5.74) is 5.76. The quantitative estimate of drug-likeness (QED) is 0.654. The Hall–Kier alpha value is 0.270. The van der Waals surface area contributed by atoms with E-state index in [0.717, 1.165) is 0 Å². The highest BCUT2D eigenvalue weighted by atomic mass is 32.2. The molecule has 0 radical (unpaired) electrons. The van der Waals surface area contributed by atoms with Gasteiger partial charge in [-0.25, -0.2) is 0 Å². The van der Waals surface area contributed by atoms with Crippen LogP contribution in [-0.2, 0) is 0 Å². The largest absolute Gasteiger partial charge is 0.395 e. The Balaban J connectivity index is 2.30. The van der Waals surface area contributed by atoms with Crippen LogP contribution >= 0.6 is 11.8 Å². The minimum atomic E-state index is 0.0219. The Morgan fingerprint density at radius 3 is 3.00 bits per heavy atom. The molecule has 1 saturated heterocycles. The number of hydrogen-bond donors (Lipinski definition) is 2. The lowest BCUT2D eigenvalue weighted by Gasteiger charge is -2.19. The second-order valence-corrected chi connectivity index (χ2v) is 4.37. The predicted octanol–water partition coefficient (Wildman–Crippen LogP) is 0.839. The van der Waals surface area contributed by atoms with Gasteiger partial charge in [-0.3, -0.25) is 0 Å². The first-order chi connectivity index (χ1) is 5.34. The third-order valence-corrected chi connectivity index (χ3v) is 3.41. The SMILES string of the molecule is NC(CO)C1CCCSCC1. The Labute approximate surface area is 72.5 Å². The van der Waals surface area contributed by atoms with Crippen molar-refractivity contribution in [2.75, 3.05) is 18.1 Å². The van der Waals surface area contributed by atoms with E-state index in [1.807, 2.05) is 11.8 Å². The topological polar surface area (TPSA) is 46.2 Å². The highest BCUT2D eigenvalue weighted by Crippen LogP contribution is 2.23. The van der Waals surface area contributed by atoms with Gasteiger partial charge in [0.1, 0.15) is 0 Å². The fraction of sp³-hybridized carbons (Fsp3) is 1.00. The number of aliphatic hydroxyl groups is 1. The average molecular weight is 175 g/mol. The van der Waals surface area contributed by atoms with Gasteiger partial charge < -0.3 is 10.8 Å². The van der Waals surface area contributed by atoms with Crippen molar-refractivity contribution in [2.24, 2.45) is 11.7 Å². The number of aliphatic hydroxyl groups excluding tert-OH is 1. The van der Waals surface area contributed by atoms with Gasteiger partial charge in [0, 0.05) is 6.04 Å². The van der Waals surface area contributed by atoms with Crippen molar-refractivity contribution in [3.05, 3.63) is 0 Å². The van der Waals surface area contributed by atoms with Gasteiger partial charge in [0.2, 0.25) is 0 Å². The summed E-state index contributed by atoms with van der Waals surface area (Å²) in [4.78, 5) is 0. The van der Waals surface area contributed by atoms with Crippen molar-refractivity contribution in [1.29, 1.82) is 0 Å². The lowest BCUT2D eigenvalue weighted by Crippen LogP contribution is -2.33. The summed E-state index contributed by atoms with van der Waals surface area (Å²) >= 11 is 2.01. The first-order valence-electron chi connectivity index (χ1n) is 4.28. The van der Waals surface area contributed by atoms with Crippen molar-refractivity contribution < 1.29 is 5.11 Å². The monoisotopic (exact) mass is 175 g/mol. The van der Waals surface area contributed by atoms with Gasteiger partial charge in [-0.05, 0) is 36.7 Å². The lowest BCUT2D eigenvalue weighted by molar-refractivity contribution is 0.218. The van der Waals surface area contributed by atoms with E-state index in [4.69, 9.17) is 10.8 Å². The number of hydrogen-bond acceptors (Lipinski definition) is 3. The van der Waals surface area contributed by atoms with E-state index in [9.17, 15) is 0 Å². The molecule has 0 aromatic rings. The molecule has 11 heavy (non-hydrogen) atoms. The van der Waals surface area contributed by atoms with Crippen molar-refractivity contribution in [3.63, 3.8) is 0 Å². The van der Waals surface area contributed by atoms with Crippen molar-refractivity contribution in [2.45, 2.75) is 25.3 Å². The van der Waals surface area contributed by atoms with Gasteiger partial charge in [0.25, 0.3) is 0 Å². The smallest absolute Gasteiger partial charge is 0.0585 e. The molecule has 2 nitrogen and oxygen atoms in total. The number of rotatable bonds is 2. The molecule has 1 fully saturated rings. The van der Waals surface area contributed by atoms with Gasteiger partial charge in [0.05, 0.1) is 6.61 Å². The lowest BCUT2D eigenvalue weighted by atomic mass is 9.93. The van der Waals surface area contributed by atoms with E-state index < -0.39 is 0 Å². The van der Waals surface area contributed by atoms with E-state index in [2.05, 4.69) is 0 Å². The maximum atomic E-state index is 8.85. The van der Waals surface area contributed by atoms with Crippen LogP contribution < -0.4 is 5.73 Å². The summed E-state index contributed by atoms with van der Waals surface area (Å²) in [6.07, 6.45) is 3.66. The van der Waals surface area contributed by atoms with Crippen molar-refractivity contribution >= 4 is 11.8 Å². The van der Waals surface area contributed by atoms with Gasteiger partial charge in [0.15, 0.2) is 0 Å². The summed E-state index contributed by atoms with van der Waals surface area (Å²) < 4.78 is 0. The fourth-order valence-electron chi connectivity index (χ4n) is 1.51. The standard InChI is InChI=1S/C8H17NOS/c9-8(6-10)7-2-1-4-11-5-3-7/h7-8,10H,1-6,9H2. The molecule has 66 valence electrons. The fourth-order valence-corrected chi connectivity index (χ4v) is 2.55. The molecule has 0 bridgehead atoms. The summed E-state index contributed by atoms with van der Waals surface area (Å²) in [6, 6.07) is 0.0219. The van der Waals surface area contributed by atoms with E-state index in [1.54, 1.807) is 0 Å². The van der Waals surface area contributed by atoms with E-state index in [1.165, 1.54) is 30.8 Å². The van der Waals surface area contributed by atoms with Crippen LogP contribution in [0.3, 0.4) is 0 Å². The predicted molar refractivity (Wildman–Crippen MR) is 49.7 cm³/mol. The van der Waals surface area contributed by atoms with E-state index in [0.29, 0.717) is 5.92 Å². The molecule has 1 rings (SSSR count). The average Bonchev–Trinajstić information content (AvgIpc) is 2.30. The number of nitrogens with two attached hydrogens (primary N) is 1. The van der Waals surface area contributed by atoms with E-state index in [-0.39, 0.29) is 12.6 Å². The highest BCUT2D eigenvalue weighted by Gasteiger charge is 2.18. The van der Waals surface area contributed by atoms with Gasteiger partial charge >= 0.3 is 0 Å². The number of thioether (sulfide) groups is 1. The Morgan fingerprint density at radius 1 is 1.45 bits per heavy atom. The normalized spacial score (nSPS) is 29.5. The zero-order chi connectivity index (χ0) is 8.10. The minimum absolute atomic E-state index is 0.0219. The first kappa shape index (κ1) is 9.36. The Kier molecular flexibility index (Phi) is 4.26. The molecule has 1 heterocycles.